The third-order valence-corrected chi connectivity index (χ3v) is 5.17. The second-order valence-electron chi connectivity index (χ2n) is 6.33. The average molecular weight is 239 g/mol. The molecule has 1 aliphatic carbocycles. The second kappa shape index (κ2) is 4.27. The lowest BCUT2D eigenvalue weighted by atomic mass is 9.76. The fourth-order valence-electron chi connectivity index (χ4n) is 3.07. The average Bonchev–Trinajstić information content (AvgIpc) is 2.68. The van der Waals surface area contributed by atoms with Gasteiger partial charge in [0.1, 0.15) is 5.60 Å². The summed E-state index contributed by atoms with van der Waals surface area (Å²) in [7, 11) is 0. The molecule has 0 aromatic heterocycles. The number of carbonyl (C=O) groups is 1. The minimum absolute atomic E-state index is 0.0178. The number of hydrogen-bond acceptors (Lipinski definition) is 2. The molecule has 1 saturated carbocycles. The molecule has 17 heavy (non-hydrogen) atoms. The minimum atomic E-state index is -1.01. The summed E-state index contributed by atoms with van der Waals surface area (Å²) < 4.78 is 0. The fraction of sp³-hybridized carbons (Fsp3) is 0.929. The van der Waals surface area contributed by atoms with Gasteiger partial charge in [0.05, 0.1) is 0 Å². The van der Waals surface area contributed by atoms with Gasteiger partial charge in [-0.2, -0.15) is 0 Å². The van der Waals surface area contributed by atoms with E-state index >= 15 is 0 Å². The fourth-order valence-corrected chi connectivity index (χ4v) is 3.07. The Kier molecular flexibility index (Phi) is 3.23. The molecular formula is C14H25NO2. The van der Waals surface area contributed by atoms with Gasteiger partial charge in [0.15, 0.2) is 0 Å². The van der Waals surface area contributed by atoms with E-state index in [9.17, 15) is 9.90 Å². The lowest BCUT2D eigenvalue weighted by molar-refractivity contribution is -0.159. The van der Waals surface area contributed by atoms with Crippen LogP contribution in [0.4, 0.5) is 0 Å². The normalized spacial score (nSPS) is 33.3. The first-order valence-corrected chi connectivity index (χ1v) is 6.93. The van der Waals surface area contributed by atoms with Gasteiger partial charge in [-0.3, -0.25) is 4.79 Å². The van der Waals surface area contributed by atoms with Crippen molar-refractivity contribution >= 4 is 5.91 Å². The van der Waals surface area contributed by atoms with Crippen molar-refractivity contribution in [3.63, 3.8) is 0 Å². The predicted molar refractivity (Wildman–Crippen MR) is 67.6 cm³/mol. The Morgan fingerprint density at radius 3 is 2.53 bits per heavy atom. The molecule has 1 aliphatic heterocycles. The lowest BCUT2D eigenvalue weighted by Gasteiger charge is -2.39. The first kappa shape index (κ1) is 12.9. The van der Waals surface area contributed by atoms with Crippen molar-refractivity contribution in [2.45, 2.75) is 58.5 Å². The van der Waals surface area contributed by atoms with Crippen LogP contribution in [0, 0.1) is 11.3 Å². The summed E-state index contributed by atoms with van der Waals surface area (Å²) in [6.07, 6.45) is 4.52. The maximum atomic E-state index is 12.2. The van der Waals surface area contributed by atoms with Crippen molar-refractivity contribution in [1.29, 1.82) is 0 Å². The number of amides is 1. The Labute approximate surface area is 104 Å². The highest BCUT2D eigenvalue weighted by molar-refractivity contribution is 5.86. The van der Waals surface area contributed by atoms with Crippen molar-refractivity contribution in [3.8, 4) is 0 Å². The molecule has 1 saturated heterocycles. The predicted octanol–water partition coefficient (Wildman–Crippen LogP) is 2.19. The van der Waals surface area contributed by atoms with Crippen LogP contribution in [0.25, 0.3) is 0 Å². The number of nitrogens with zero attached hydrogens (tertiary/aromatic N) is 1. The van der Waals surface area contributed by atoms with Crippen molar-refractivity contribution in [2.24, 2.45) is 11.3 Å². The van der Waals surface area contributed by atoms with E-state index in [1.54, 1.807) is 0 Å². The number of aliphatic hydroxyl groups is 1. The molecule has 0 aromatic rings. The zero-order valence-electron chi connectivity index (χ0n) is 11.3. The van der Waals surface area contributed by atoms with Gasteiger partial charge < -0.3 is 10.0 Å². The molecule has 2 rings (SSSR count). The molecule has 0 bridgehead atoms. The summed E-state index contributed by atoms with van der Waals surface area (Å²) in [4.78, 5) is 14.1. The summed E-state index contributed by atoms with van der Waals surface area (Å²) >= 11 is 0. The quantitative estimate of drug-likeness (QED) is 0.820. The Balaban J connectivity index is 2.00. The van der Waals surface area contributed by atoms with Crippen LogP contribution in [0.3, 0.4) is 0 Å². The lowest BCUT2D eigenvalue weighted by Crippen LogP contribution is -2.53. The molecule has 1 heterocycles. The zero-order valence-corrected chi connectivity index (χ0v) is 11.3. The molecule has 2 atom stereocenters. The van der Waals surface area contributed by atoms with Gasteiger partial charge in [0.2, 0.25) is 0 Å². The van der Waals surface area contributed by atoms with Crippen LogP contribution in [-0.2, 0) is 4.79 Å². The Bertz CT molecular complexity index is 311. The van der Waals surface area contributed by atoms with Crippen molar-refractivity contribution < 1.29 is 9.90 Å². The van der Waals surface area contributed by atoms with E-state index in [1.165, 1.54) is 0 Å². The molecule has 0 unspecified atom stereocenters. The second-order valence-corrected chi connectivity index (χ2v) is 6.33. The molecule has 2 fully saturated rings. The van der Waals surface area contributed by atoms with E-state index in [0.717, 1.165) is 32.4 Å². The summed E-state index contributed by atoms with van der Waals surface area (Å²) in [5.74, 6) is 0.618. The molecule has 0 spiro atoms. The molecule has 0 aromatic carbocycles. The van der Waals surface area contributed by atoms with Crippen LogP contribution < -0.4 is 0 Å². The van der Waals surface area contributed by atoms with Crippen molar-refractivity contribution in [2.75, 3.05) is 13.1 Å². The smallest absolute Gasteiger partial charge is 0.254 e. The monoisotopic (exact) mass is 239 g/mol. The summed E-state index contributed by atoms with van der Waals surface area (Å²) in [6.45, 7) is 8.40. The summed E-state index contributed by atoms with van der Waals surface area (Å²) in [6, 6.07) is 0. The maximum absolute atomic E-state index is 12.2. The van der Waals surface area contributed by atoms with Crippen molar-refractivity contribution in [3.05, 3.63) is 0 Å². The van der Waals surface area contributed by atoms with E-state index in [2.05, 4.69) is 20.8 Å². The molecule has 1 amide bonds. The van der Waals surface area contributed by atoms with Crippen LogP contribution in [0.1, 0.15) is 52.9 Å². The van der Waals surface area contributed by atoms with Crippen LogP contribution in [0.15, 0.2) is 0 Å². The molecule has 98 valence electrons. The van der Waals surface area contributed by atoms with Crippen molar-refractivity contribution in [1.82, 2.24) is 4.90 Å². The van der Waals surface area contributed by atoms with Gasteiger partial charge in [0.25, 0.3) is 5.91 Å². The first-order valence-electron chi connectivity index (χ1n) is 6.93. The number of likely N-dealkylation sites (tertiary alicyclic amines) is 1. The molecule has 0 radical (unpaired) electrons. The largest absolute Gasteiger partial charge is 0.380 e. The number of rotatable bonds is 3. The Morgan fingerprint density at radius 2 is 2.06 bits per heavy atom. The zero-order chi connectivity index (χ0) is 12.7. The maximum Gasteiger partial charge on any atom is 0.254 e. The van der Waals surface area contributed by atoms with E-state index in [1.807, 2.05) is 4.90 Å². The van der Waals surface area contributed by atoms with Gasteiger partial charge in [-0.05, 0) is 37.0 Å². The summed E-state index contributed by atoms with van der Waals surface area (Å²) in [5.41, 5.74) is -0.773. The van der Waals surface area contributed by atoms with Crippen LogP contribution in [0.5, 0.6) is 0 Å². The third-order valence-electron chi connectivity index (χ3n) is 5.17. The minimum Gasteiger partial charge on any atom is -0.380 e. The van der Waals surface area contributed by atoms with Crippen LogP contribution >= 0.6 is 0 Å². The van der Waals surface area contributed by atoms with Gasteiger partial charge >= 0.3 is 0 Å². The Hall–Kier alpha value is -0.570. The summed E-state index contributed by atoms with van der Waals surface area (Å²) in [5, 5.41) is 10.1. The molecule has 3 nitrogen and oxygen atoms in total. The van der Waals surface area contributed by atoms with E-state index in [0.29, 0.717) is 18.8 Å². The Morgan fingerprint density at radius 1 is 1.41 bits per heavy atom. The molecule has 3 heteroatoms. The molecule has 1 N–H and O–H groups in total. The molecule has 2 aliphatic rings. The number of carbonyl (C=O) groups excluding carboxylic acids is 1. The molecular weight excluding hydrogens is 214 g/mol. The van der Waals surface area contributed by atoms with E-state index in [-0.39, 0.29) is 11.3 Å². The topological polar surface area (TPSA) is 40.5 Å². The van der Waals surface area contributed by atoms with E-state index in [4.69, 9.17) is 0 Å². The SMILES string of the molecule is CC[C@@H](C)[C@]1(C)CCN(C(=O)C2(O)CCC2)C1. The third kappa shape index (κ3) is 2.10. The van der Waals surface area contributed by atoms with E-state index < -0.39 is 5.60 Å². The van der Waals surface area contributed by atoms with Gasteiger partial charge in [0, 0.05) is 13.1 Å². The first-order chi connectivity index (χ1) is 7.91. The highest BCUT2D eigenvalue weighted by Gasteiger charge is 2.48. The highest BCUT2D eigenvalue weighted by atomic mass is 16.3. The number of hydrogen-bond donors (Lipinski definition) is 1. The van der Waals surface area contributed by atoms with Gasteiger partial charge in [-0.15, -0.1) is 0 Å². The standard InChI is InChI=1S/C14H25NO2/c1-4-11(2)13(3)8-9-15(10-13)12(16)14(17)6-5-7-14/h11,17H,4-10H2,1-3H3/t11-,13-/m1/s1. The highest BCUT2D eigenvalue weighted by Crippen LogP contribution is 2.41. The van der Waals surface area contributed by atoms with Gasteiger partial charge in [-0.25, -0.2) is 0 Å². The van der Waals surface area contributed by atoms with Crippen LogP contribution in [-0.4, -0.2) is 34.6 Å². The van der Waals surface area contributed by atoms with Crippen LogP contribution in [0.2, 0.25) is 0 Å². The van der Waals surface area contributed by atoms with Gasteiger partial charge in [-0.1, -0.05) is 27.2 Å².